The summed E-state index contributed by atoms with van der Waals surface area (Å²) < 4.78 is 84.7. The highest BCUT2D eigenvalue weighted by molar-refractivity contribution is 5.82. The van der Waals surface area contributed by atoms with Gasteiger partial charge in [0.25, 0.3) is 0 Å². The molecule has 0 aromatic carbocycles. The first-order chi connectivity index (χ1) is 17.0. The first-order valence-corrected chi connectivity index (χ1v) is 11.7. The second-order valence-corrected chi connectivity index (χ2v) is 10.1. The van der Waals surface area contributed by atoms with Gasteiger partial charge < -0.3 is 29.9 Å². The van der Waals surface area contributed by atoms with Crippen LogP contribution in [0, 0.1) is 0 Å². The number of rotatable bonds is 11. The zero-order valence-corrected chi connectivity index (χ0v) is 22.3. The van der Waals surface area contributed by atoms with E-state index in [0.29, 0.717) is 0 Å². The lowest BCUT2D eigenvalue weighted by molar-refractivity contribution is -0.173. The van der Waals surface area contributed by atoms with Crippen LogP contribution in [0.2, 0.25) is 0 Å². The number of nitrogens with one attached hydrogen (secondary N) is 2. The monoisotopic (exact) mass is 566 g/mol. The van der Waals surface area contributed by atoms with Gasteiger partial charge in [0.1, 0.15) is 11.2 Å². The molecular weight excluding hydrogens is 530 g/mol. The molecule has 4 amide bonds. The maximum absolute atomic E-state index is 12.6. The van der Waals surface area contributed by atoms with Gasteiger partial charge in [-0.2, -0.15) is 26.3 Å². The molecule has 38 heavy (non-hydrogen) atoms. The molecule has 0 spiro atoms. The molecule has 0 saturated carbocycles. The Bertz CT molecular complexity index is 740. The Labute approximate surface area is 217 Å². The van der Waals surface area contributed by atoms with Gasteiger partial charge in [0.2, 0.25) is 0 Å². The van der Waals surface area contributed by atoms with Crippen LogP contribution in [0.5, 0.6) is 0 Å². The smallest absolute Gasteiger partial charge is 0.444 e. The zero-order chi connectivity index (χ0) is 29.9. The topological polar surface area (TPSA) is 117 Å². The molecule has 0 aliphatic rings. The van der Waals surface area contributed by atoms with E-state index in [9.17, 15) is 45.5 Å². The van der Waals surface area contributed by atoms with Crippen LogP contribution < -0.4 is 10.6 Å². The number of nitrogens with zero attached hydrogens (tertiary/aromatic N) is 2. The van der Waals surface area contributed by atoms with Gasteiger partial charge in [0.15, 0.2) is 0 Å². The Morgan fingerprint density at radius 1 is 0.579 bits per heavy atom. The molecule has 0 rings (SSSR count). The highest BCUT2D eigenvalue weighted by atomic mass is 19.4. The maximum atomic E-state index is 12.6. The number of carbonyl (C=O) groups is 4. The van der Waals surface area contributed by atoms with Crippen LogP contribution in [-0.2, 0) is 19.1 Å². The molecule has 16 heteroatoms. The summed E-state index contributed by atoms with van der Waals surface area (Å²) in [6.07, 6.45) is -11.9. The first-order valence-electron chi connectivity index (χ1n) is 11.7. The average Bonchev–Trinajstić information content (AvgIpc) is 2.69. The van der Waals surface area contributed by atoms with Crippen molar-refractivity contribution in [2.45, 2.75) is 77.9 Å². The van der Waals surface area contributed by atoms with Crippen molar-refractivity contribution in [2.75, 3.05) is 39.3 Å². The Kier molecular flexibility index (Phi) is 13.2. The minimum atomic E-state index is -5.06. The van der Waals surface area contributed by atoms with Crippen molar-refractivity contribution in [1.29, 1.82) is 0 Å². The largest absolute Gasteiger partial charge is 0.471 e. The fourth-order valence-electron chi connectivity index (χ4n) is 2.63. The zero-order valence-electron chi connectivity index (χ0n) is 22.3. The van der Waals surface area contributed by atoms with Gasteiger partial charge in [-0.15, -0.1) is 0 Å². The van der Waals surface area contributed by atoms with E-state index in [-0.39, 0.29) is 39.0 Å². The van der Waals surface area contributed by atoms with E-state index in [1.807, 2.05) is 0 Å². The van der Waals surface area contributed by atoms with Crippen LogP contribution >= 0.6 is 0 Å². The second kappa shape index (κ2) is 14.3. The molecule has 0 fully saturated rings. The lowest BCUT2D eigenvalue weighted by atomic mass is 10.2. The fourth-order valence-corrected chi connectivity index (χ4v) is 2.63. The van der Waals surface area contributed by atoms with Gasteiger partial charge in [0, 0.05) is 39.3 Å². The van der Waals surface area contributed by atoms with Gasteiger partial charge in [-0.1, -0.05) is 0 Å². The summed E-state index contributed by atoms with van der Waals surface area (Å²) in [5, 5.41) is 3.37. The molecule has 0 aliphatic heterocycles. The normalized spacial score (nSPS) is 12.4. The highest BCUT2D eigenvalue weighted by Gasteiger charge is 2.39. The van der Waals surface area contributed by atoms with Crippen LogP contribution in [0.1, 0.15) is 54.4 Å². The molecule has 0 heterocycles. The second-order valence-electron chi connectivity index (χ2n) is 10.1. The number of halogens is 6. The van der Waals surface area contributed by atoms with E-state index in [1.54, 1.807) is 52.2 Å². The minimum absolute atomic E-state index is 0.0724. The van der Waals surface area contributed by atoms with E-state index in [4.69, 9.17) is 9.47 Å². The van der Waals surface area contributed by atoms with E-state index < -0.39 is 60.6 Å². The van der Waals surface area contributed by atoms with E-state index in [0.717, 1.165) is 9.80 Å². The third-order valence-electron chi connectivity index (χ3n) is 4.24. The summed E-state index contributed by atoms with van der Waals surface area (Å²) in [7, 11) is 0. The summed E-state index contributed by atoms with van der Waals surface area (Å²) in [4.78, 5) is 49.4. The Balaban J connectivity index is 5.32. The number of alkyl halides is 6. The van der Waals surface area contributed by atoms with Crippen LogP contribution in [0.4, 0.5) is 35.9 Å². The summed E-state index contributed by atoms with van der Waals surface area (Å²) in [5.41, 5.74) is -1.83. The van der Waals surface area contributed by atoms with E-state index >= 15 is 0 Å². The Morgan fingerprint density at radius 3 is 1.11 bits per heavy atom. The van der Waals surface area contributed by atoms with Crippen molar-refractivity contribution < 1.29 is 55.0 Å². The molecular formula is C22H36F6N4O6. The van der Waals surface area contributed by atoms with Gasteiger partial charge in [-0.05, 0) is 54.4 Å². The Hall–Kier alpha value is -2.94. The highest BCUT2D eigenvalue weighted by Crippen LogP contribution is 2.16. The third-order valence-corrected chi connectivity index (χ3v) is 4.24. The predicted molar refractivity (Wildman–Crippen MR) is 123 cm³/mol. The van der Waals surface area contributed by atoms with Crippen molar-refractivity contribution >= 4 is 24.0 Å². The summed E-state index contributed by atoms with van der Waals surface area (Å²) in [6.45, 7) is 8.14. The molecule has 0 radical (unpaired) electrons. The number of carbonyl (C=O) groups excluding carboxylic acids is 4. The molecule has 0 saturated heterocycles. The molecule has 0 aliphatic carbocycles. The molecule has 2 N–H and O–H groups in total. The standard InChI is InChI=1S/C22H36F6N4O6/c1-19(2,3)37-17(35)31(11-7-9-29-15(33)21(23,24)25)13-14-32(18(36)38-20(4,5)6)12-8-10-30-16(34)22(26,27)28/h7-14H2,1-6H3,(H,29,33)(H,30,34). The predicted octanol–water partition coefficient (Wildman–Crippen LogP) is 3.60. The fraction of sp³-hybridized carbons (Fsp3) is 0.818. The Morgan fingerprint density at radius 2 is 0.868 bits per heavy atom. The van der Waals surface area contributed by atoms with Crippen molar-refractivity contribution in [3.63, 3.8) is 0 Å². The van der Waals surface area contributed by atoms with E-state index in [1.165, 1.54) is 0 Å². The number of hydrogen-bond donors (Lipinski definition) is 2. The molecule has 222 valence electrons. The molecule has 0 bridgehead atoms. The van der Waals surface area contributed by atoms with Crippen molar-refractivity contribution in [3.8, 4) is 0 Å². The summed E-state index contributed by atoms with van der Waals surface area (Å²) in [5.74, 6) is -4.26. The minimum Gasteiger partial charge on any atom is -0.444 e. The third kappa shape index (κ3) is 16.0. The van der Waals surface area contributed by atoms with Crippen LogP contribution in [0.3, 0.4) is 0 Å². The first kappa shape index (κ1) is 35.1. The van der Waals surface area contributed by atoms with Crippen LogP contribution in [0.25, 0.3) is 0 Å². The van der Waals surface area contributed by atoms with Gasteiger partial charge in [-0.25, -0.2) is 9.59 Å². The molecule has 0 atom stereocenters. The lowest BCUT2D eigenvalue weighted by Crippen LogP contribution is -2.46. The SMILES string of the molecule is CC(C)(C)OC(=O)N(CCCNC(=O)C(F)(F)F)CCN(CCCNC(=O)C(F)(F)F)C(=O)OC(C)(C)C. The number of ether oxygens (including phenoxy) is 2. The molecule has 0 aromatic heterocycles. The maximum Gasteiger partial charge on any atom is 0.471 e. The summed E-state index contributed by atoms with van der Waals surface area (Å²) >= 11 is 0. The number of amides is 4. The lowest BCUT2D eigenvalue weighted by Gasteiger charge is -2.31. The van der Waals surface area contributed by atoms with Gasteiger partial charge >= 0.3 is 36.4 Å². The summed E-state index contributed by atoms with van der Waals surface area (Å²) in [6, 6.07) is 0. The molecule has 10 nitrogen and oxygen atoms in total. The average molecular weight is 567 g/mol. The van der Waals surface area contributed by atoms with Gasteiger partial charge in [-0.3, -0.25) is 9.59 Å². The quantitative estimate of drug-likeness (QED) is 0.292. The van der Waals surface area contributed by atoms with Crippen molar-refractivity contribution in [3.05, 3.63) is 0 Å². The van der Waals surface area contributed by atoms with Gasteiger partial charge in [0.05, 0.1) is 0 Å². The van der Waals surface area contributed by atoms with E-state index in [2.05, 4.69) is 0 Å². The van der Waals surface area contributed by atoms with Crippen LogP contribution in [0.15, 0.2) is 0 Å². The van der Waals surface area contributed by atoms with Crippen LogP contribution in [-0.4, -0.2) is 96.6 Å². The molecule has 0 aromatic rings. The molecule has 0 unspecified atom stereocenters. The van der Waals surface area contributed by atoms with Crippen molar-refractivity contribution in [1.82, 2.24) is 20.4 Å². The van der Waals surface area contributed by atoms with Crippen molar-refractivity contribution in [2.24, 2.45) is 0 Å². The number of hydrogen-bond acceptors (Lipinski definition) is 6.